The van der Waals surface area contributed by atoms with Crippen LogP contribution in [0.4, 0.5) is 5.69 Å². The summed E-state index contributed by atoms with van der Waals surface area (Å²) in [5, 5.41) is 12.4. The molecule has 4 N–H and O–H groups in total. The lowest BCUT2D eigenvalue weighted by atomic mass is 10.1. The summed E-state index contributed by atoms with van der Waals surface area (Å²) in [6.07, 6.45) is 0. The number of aryl methyl sites for hydroxylation is 1. The van der Waals surface area contributed by atoms with Gasteiger partial charge in [-0.2, -0.15) is 0 Å². The van der Waals surface area contributed by atoms with Gasteiger partial charge in [0, 0.05) is 0 Å². The molecule has 0 aliphatic heterocycles. The van der Waals surface area contributed by atoms with Gasteiger partial charge in [-0.15, -0.1) is 0 Å². The van der Waals surface area contributed by atoms with Gasteiger partial charge in [-0.25, -0.2) is 0 Å². The van der Waals surface area contributed by atoms with E-state index in [2.05, 4.69) is 17.5 Å². The van der Waals surface area contributed by atoms with E-state index in [4.69, 9.17) is 5.73 Å². The van der Waals surface area contributed by atoms with E-state index in [0.29, 0.717) is 5.69 Å². The fourth-order valence-electron chi connectivity index (χ4n) is 1.28. The highest BCUT2D eigenvalue weighted by molar-refractivity contribution is 7.80. The Morgan fingerprint density at radius 2 is 2.13 bits per heavy atom. The molecule has 4 nitrogen and oxygen atoms in total. The van der Waals surface area contributed by atoms with Crippen molar-refractivity contribution in [2.24, 2.45) is 5.73 Å². The van der Waals surface area contributed by atoms with Crippen LogP contribution in [0.2, 0.25) is 0 Å². The van der Waals surface area contributed by atoms with E-state index >= 15 is 0 Å². The number of carbonyl (C=O) groups is 1. The van der Waals surface area contributed by atoms with Gasteiger partial charge in [-0.3, -0.25) is 4.79 Å². The van der Waals surface area contributed by atoms with Gasteiger partial charge in [0.2, 0.25) is 0 Å². The monoisotopic (exact) mass is 224 g/mol. The predicted molar refractivity (Wildman–Crippen MR) is 63.3 cm³/mol. The van der Waals surface area contributed by atoms with E-state index in [-0.39, 0.29) is 22.2 Å². The number of rotatable bonds is 2. The number of benzene rings is 1. The maximum Gasteiger partial charge on any atom is 0.168 e. The topological polar surface area (TPSA) is 75.4 Å². The molecule has 0 aliphatic rings. The largest absolute Gasteiger partial charge is 0.505 e. The van der Waals surface area contributed by atoms with Crippen molar-refractivity contribution in [3.63, 3.8) is 0 Å². The third-order valence-electron chi connectivity index (χ3n) is 1.89. The lowest BCUT2D eigenvalue weighted by Gasteiger charge is -2.10. The standard InChI is InChI=1S/C10H12N2O2S/c1-5-3-7(6(2)13)9(14)8(4-5)12-10(11)15/h3-4,14H,1-2H3,(H3,11,12,15). The van der Waals surface area contributed by atoms with Crippen LogP contribution in [-0.2, 0) is 0 Å². The van der Waals surface area contributed by atoms with Gasteiger partial charge in [-0.1, -0.05) is 0 Å². The van der Waals surface area contributed by atoms with E-state index in [1.54, 1.807) is 12.1 Å². The summed E-state index contributed by atoms with van der Waals surface area (Å²) >= 11 is 4.66. The molecule has 5 heteroatoms. The second-order valence-electron chi connectivity index (χ2n) is 3.25. The highest BCUT2D eigenvalue weighted by Crippen LogP contribution is 2.29. The van der Waals surface area contributed by atoms with Crippen molar-refractivity contribution in [2.75, 3.05) is 5.32 Å². The van der Waals surface area contributed by atoms with Crippen LogP contribution < -0.4 is 11.1 Å². The Morgan fingerprint density at radius 3 is 2.60 bits per heavy atom. The molecule has 0 aliphatic carbocycles. The van der Waals surface area contributed by atoms with E-state index in [0.717, 1.165) is 5.56 Å². The summed E-state index contributed by atoms with van der Waals surface area (Å²) in [7, 11) is 0. The van der Waals surface area contributed by atoms with Crippen LogP contribution in [0.25, 0.3) is 0 Å². The van der Waals surface area contributed by atoms with Crippen LogP contribution in [0, 0.1) is 6.92 Å². The number of anilines is 1. The Hall–Kier alpha value is -1.62. The number of phenols is 1. The minimum Gasteiger partial charge on any atom is -0.505 e. The van der Waals surface area contributed by atoms with E-state index < -0.39 is 0 Å². The third-order valence-corrected chi connectivity index (χ3v) is 1.99. The fraction of sp³-hybridized carbons (Fsp3) is 0.200. The molecule has 1 rings (SSSR count). The molecular weight excluding hydrogens is 212 g/mol. The number of carbonyl (C=O) groups excluding carboxylic acids is 1. The zero-order valence-electron chi connectivity index (χ0n) is 8.50. The zero-order valence-corrected chi connectivity index (χ0v) is 9.31. The quantitative estimate of drug-likeness (QED) is 0.404. The van der Waals surface area contributed by atoms with Crippen LogP contribution in [-0.4, -0.2) is 16.0 Å². The average Bonchev–Trinajstić information content (AvgIpc) is 2.09. The van der Waals surface area contributed by atoms with Crippen molar-refractivity contribution in [3.8, 4) is 5.75 Å². The number of nitrogens with one attached hydrogen (secondary N) is 1. The fourth-order valence-corrected chi connectivity index (χ4v) is 1.39. The summed E-state index contributed by atoms with van der Waals surface area (Å²) in [6, 6.07) is 3.28. The first-order valence-electron chi connectivity index (χ1n) is 4.33. The Labute approximate surface area is 93.1 Å². The molecule has 1 aromatic carbocycles. The summed E-state index contributed by atoms with van der Waals surface area (Å²) < 4.78 is 0. The van der Waals surface area contributed by atoms with Gasteiger partial charge in [0.15, 0.2) is 10.9 Å². The van der Waals surface area contributed by atoms with Gasteiger partial charge < -0.3 is 16.2 Å². The van der Waals surface area contributed by atoms with Crippen molar-refractivity contribution in [1.82, 2.24) is 0 Å². The molecule has 0 saturated carbocycles. The van der Waals surface area contributed by atoms with E-state index in [9.17, 15) is 9.90 Å². The molecule has 15 heavy (non-hydrogen) atoms. The molecule has 0 spiro atoms. The average molecular weight is 224 g/mol. The van der Waals surface area contributed by atoms with Gasteiger partial charge in [0.1, 0.15) is 5.75 Å². The number of hydrogen-bond acceptors (Lipinski definition) is 3. The van der Waals surface area contributed by atoms with E-state index in [1.165, 1.54) is 6.92 Å². The van der Waals surface area contributed by atoms with Crippen LogP contribution in [0.3, 0.4) is 0 Å². The molecule has 0 radical (unpaired) electrons. The Kier molecular flexibility index (Phi) is 3.26. The number of nitrogens with two attached hydrogens (primary N) is 1. The minimum atomic E-state index is -0.206. The second kappa shape index (κ2) is 4.27. The number of aromatic hydroxyl groups is 1. The van der Waals surface area contributed by atoms with Gasteiger partial charge >= 0.3 is 0 Å². The molecule has 0 atom stereocenters. The molecular formula is C10H12N2O2S. The first-order chi connectivity index (χ1) is 6.91. The Morgan fingerprint density at radius 1 is 1.53 bits per heavy atom. The molecule has 0 unspecified atom stereocenters. The van der Waals surface area contributed by atoms with Crippen molar-refractivity contribution in [3.05, 3.63) is 23.3 Å². The molecule has 0 heterocycles. The normalized spacial score (nSPS) is 9.73. The molecule has 0 aromatic heterocycles. The number of Topliss-reactive ketones (excluding diaryl/α,β-unsaturated/α-hetero) is 1. The molecule has 0 amide bonds. The van der Waals surface area contributed by atoms with Crippen molar-refractivity contribution < 1.29 is 9.90 Å². The first kappa shape index (κ1) is 11.5. The summed E-state index contributed by atoms with van der Waals surface area (Å²) in [6.45, 7) is 3.20. The molecule has 0 bridgehead atoms. The summed E-state index contributed by atoms with van der Waals surface area (Å²) in [5.74, 6) is -0.330. The zero-order chi connectivity index (χ0) is 11.6. The number of ketones is 1. The minimum absolute atomic E-state index is 0.0467. The van der Waals surface area contributed by atoms with Crippen LogP contribution in [0.5, 0.6) is 5.75 Å². The Balaban J connectivity index is 3.28. The van der Waals surface area contributed by atoms with Crippen molar-refractivity contribution in [2.45, 2.75) is 13.8 Å². The van der Waals surface area contributed by atoms with Gasteiger partial charge in [0.25, 0.3) is 0 Å². The van der Waals surface area contributed by atoms with Crippen molar-refractivity contribution >= 4 is 28.8 Å². The number of thiocarbonyl (C=S) groups is 1. The maximum atomic E-state index is 11.2. The predicted octanol–water partition coefficient (Wildman–Crippen LogP) is 1.56. The molecule has 1 aromatic rings. The van der Waals surface area contributed by atoms with E-state index in [1.807, 2.05) is 6.92 Å². The lowest BCUT2D eigenvalue weighted by molar-refractivity contribution is 0.101. The second-order valence-corrected chi connectivity index (χ2v) is 3.69. The van der Waals surface area contributed by atoms with Crippen LogP contribution in [0.15, 0.2) is 12.1 Å². The number of hydrogen-bond donors (Lipinski definition) is 3. The third kappa shape index (κ3) is 2.66. The van der Waals surface area contributed by atoms with Crippen LogP contribution >= 0.6 is 12.2 Å². The van der Waals surface area contributed by atoms with Crippen molar-refractivity contribution in [1.29, 1.82) is 0 Å². The van der Waals surface area contributed by atoms with Gasteiger partial charge in [-0.05, 0) is 43.8 Å². The molecule has 0 fully saturated rings. The number of phenolic OH excluding ortho intramolecular Hbond substituents is 1. The highest BCUT2D eigenvalue weighted by atomic mass is 32.1. The maximum absolute atomic E-state index is 11.2. The first-order valence-corrected chi connectivity index (χ1v) is 4.73. The SMILES string of the molecule is CC(=O)c1cc(C)cc(NC(N)=S)c1O. The summed E-state index contributed by atoms with van der Waals surface area (Å²) in [5.41, 5.74) is 6.75. The highest BCUT2D eigenvalue weighted by Gasteiger charge is 2.12. The summed E-state index contributed by atoms with van der Waals surface area (Å²) in [4.78, 5) is 11.2. The van der Waals surface area contributed by atoms with Gasteiger partial charge in [0.05, 0.1) is 11.3 Å². The Bertz CT molecular complexity index is 430. The van der Waals surface area contributed by atoms with Crippen LogP contribution in [0.1, 0.15) is 22.8 Å². The molecule has 0 saturated heterocycles. The lowest BCUT2D eigenvalue weighted by Crippen LogP contribution is -2.19. The molecule has 80 valence electrons. The smallest absolute Gasteiger partial charge is 0.168 e.